The molecule has 0 atom stereocenters. The average Bonchev–Trinajstić information content (AvgIpc) is 2.64. The molecular weight excluding hydrogens is 314 g/mol. The summed E-state index contributed by atoms with van der Waals surface area (Å²) in [7, 11) is 0. The molecule has 0 amide bonds. The van der Waals surface area contributed by atoms with E-state index < -0.39 is 5.97 Å². The molecule has 0 aromatic heterocycles. The predicted octanol–water partition coefficient (Wildman–Crippen LogP) is 4.46. The molecule has 0 aliphatic heterocycles. The van der Waals surface area contributed by atoms with Gasteiger partial charge in [0.2, 0.25) is 0 Å². The lowest BCUT2D eigenvalue weighted by Crippen LogP contribution is -2.29. The number of carboxylic acid groups (broad SMARTS) is 1. The minimum atomic E-state index is -0.659. The van der Waals surface area contributed by atoms with E-state index in [2.05, 4.69) is 29.6 Å². The normalized spacial score (nSPS) is 20.2. The Hall–Kier alpha value is -2.33. The van der Waals surface area contributed by atoms with Gasteiger partial charge in [0.1, 0.15) is 0 Å². The first kappa shape index (κ1) is 17.5. The monoisotopic (exact) mass is 339 g/mol. The van der Waals surface area contributed by atoms with Crippen LogP contribution in [0.3, 0.4) is 0 Å². The number of hydrogen-bond donors (Lipinski definition) is 2. The topological polar surface area (TPSA) is 58.6 Å². The van der Waals surface area contributed by atoms with Crippen LogP contribution in [0.15, 0.2) is 54.6 Å². The van der Waals surface area contributed by atoms with Gasteiger partial charge >= 0.3 is 5.97 Å². The SMILES string of the molecule is O=C(O)C1CCC(Nc2ccccc2COCc2ccccc2)CC1. The highest BCUT2D eigenvalue weighted by Gasteiger charge is 2.26. The van der Waals surface area contributed by atoms with Crippen molar-refractivity contribution in [2.24, 2.45) is 5.92 Å². The van der Waals surface area contributed by atoms with Gasteiger partial charge in [0, 0.05) is 17.3 Å². The summed E-state index contributed by atoms with van der Waals surface area (Å²) < 4.78 is 5.87. The molecule has 4 heteroatoms. The lowest BCUT2D eigenvalue weighted by atomic mass is 9.86. The van der Waals surface area contributed by atoms with Crippen LogP contribution in [0.4, 0.5) is 5.69 Å². The van der Waals surface area contributed by atoms with Crippen molar-refractivity contribution in [1.29, 1.82) is 0 Å². The van der Waals surface area contributed by atoms with E-state index in [1.165, 1.54) is 5.56 Å². The fourth-order valence-electron chi connectivity index (χ4n) is 3.34. The summed E-state index contributed by atoms with van der Waals surface area (Å²) in [6, 6.07) is 18.7. The number of anilines is 1. The van der Waals surface area contributed by atoms with Crippen molar-refractivity contribution in [1.82, 2.24) is 0 Å². The maximum atomic E-state index is 11.1. The molecule has 4 nitrogen and oxygen atoms in total. The third-order valence-electron chi connectivity index (χ3n) is 4.82. The van der Waals surface area contributed by atoms with Gasteiger partial charge in [-0.2, -0.15) is 0 Å². The third kappa shape index (κ3) is 5.07. The third-order valence-corrected chi connectivity index (χ3v) is 4.82. The lowest BCUT2D eigenvalue weighted by molar-refractivity contribution is -0.142. The largest absolute Gasteiger partial charge is 0.481 e. The zero-order valence-corrected chi connectivity index (χ0v) is 14.4. The quantitative estimate of drug-likeness (QED) is 0.782. The van der Waals surface area contributed by atoms with Crippen molar-refractivity contribution in [2.45, 2.75) is 44.9 Å². The van der Waals surface area contributed by atoms with E-state index in [-0.39, 0.29) is 5.92 Å². The van der Waals surface area contributed by atoms with Gasteiger partial charge in [-0.25, -0.2) is 0 Å². The summed E-state index contributed by atoms with van der Waals surface area (Å²) in [5.41, 5.74) is 3.40. The highest BCUT2D eigenvalue weighted by atomic mass is 16.5. The first-order valence-electron chi connectivity index (χ1n) is 8.91. The van der Waals surface area contributed by atoms with Gasteiger partial charge in [0.25, 0.3) is 0 Å². The number of benzene rings is 2. The van der Waals surface area contributed by atoms with Crippen molar-refractivity contribution in [3.63, 3.8) is 0 Å². The first-order chi connectivity index (χ1) is 12.2. The molecule has 0 heterocycles. The van der Waals surface area contributed by atoms with E-state index >= 15 is 0 Å². The molecule has 3 rings (SSSR count). The van der Waals surface area contributed by atoms with Crippen LogP contribution in [0, 0.1) is 5.92 Å². The van der Waals surface area contributed by atoms with Gasteiger partial charge in [-0.05, 0) is 37.3 Å². The molecule has 1 aliphatic rings. The maximum absolute atomic E-state index is 11.1. The molecule has 2 aromatic carbocycles. The zero-order chi connectivity index (χ0) is 17.5. The number of carbonyl (C=O) groups is 1. The standard InChI is InChI=1S/C21H25NO3/c23-21(24)17-10-12-19(13-11-17)22-20-9-5-4-8-18(20)15-25-14-16-6-2-1-3-7-16/h1-9,17,19,22H,10-15H2,(H,23,24). The second kappa shape index (κ2) is 8.67. The highest BCUT2D eigenvalue weighted by molar-refractivity contribution is 5.70. The molecule has 2 N–H and O–H groups in total. The average molecular weight is 339 g/mol. The number of hydrogen-bond acceptors (Lipinski definition) is 3. The van der Waals surface area contributed by atoms with Crippen molar-refractivity contribution >= 4 is 11.7 Å². The Kier molecular flexibility index (Phi) is 6.07. The number of aliphatic carboxylic acids is 1. The number of nitrogens with one attached hydrogen (secondary N) is 1. The van der Waals surface area contributed by atoms with Crippen LogP contribution in [0.25, 0.3) is 0 Å². The Labute approximate surface area is 148 Å². The smallest absolute Gasteiger partial charge is 0.306 e. The van der Waals surface area contributed by atoms with Crippen molar-refractivity contribution in [3.05, 3.63) is 65.7 Å². The summed E-state index contributed by atoms with van der Waals surface area (Å²) in [6.45, 7) is 1.15. The van der Waals surface area contributed by atoms with Crippen LogP contribution in [0.5, 0.6) is 0 Å². The van der Waals surface area contributed by atoms with Gasteiger partial charge in [-0.1, -0.05) is 48.5 Å². The Morgan fingerprint density at radius 2 is 1.64 bits per heavy atom. The number of carboxylic acids is 1. The molecule has 0 bridgehead atoms. The van der Waals surface area contributed by atoms with E-state index in [0.29, 0.717) is 19.3 Å². The fraction of sp³-hybridized carbons (Fsp3) is 0.381. The highest BCUT2D eigenvalue weighted by Crippen LogP contribution is 2.28. The number of rotatable bonds is 7. The molecule has 0 unspecified atom stereocenters. The second-order valence-electron chi connectivity index (χ2n) is 6.67. The summed E-state index contributed by atoms with van der Waals surface area (Å²) >= 11 is 0. The van der Waals surface area contributed by atoms with Gasteiger partial charge in [-0.15, -0.1) is 0 Å². The van der Waals surface area contributed by atoms with Crippen molar-refractivity contribution in [3.8, 4) is 0 Å². The molecule has 1 fully saturated rings. The number of ether oxygens (including phenoxy) is 1. The molecular formula is C21H25NO3. The first-order valence-corrected chi connectivity index (χ1v) is 8.91. The Morgan fingerprint density at radius 3 is 2.36 bits per heavy atom. The molecule has 2 aromatic rings. The maximum Gasteiger partial charge on any atom is 0.306 e. The van der Waals surface area contributed by atoms with E-state index in [0.717, 1.165) is 36.9 Å². The van der Waals surface area contributed by atoms with Crippen LogP contribution in [-0.2, 0) is 22.7 Å². The van der Waals surface area contributed by atoms with E-state index in [1.54, 1.807) is 0 Å². The van der Waals surface area contributed by atoms with Crippen LogP contribution < -0.4 is 5.32 Å². The Bertz CT molecular complexity index is 679. The van der Waals surface area contributed by atoms with Gasteiger partial charge < -0.3 is 15.2 Å². The predicted molar refractivity (Wildman–Crippen MR) is 98.4 cm³/mol. The fourth-order valence-corrected chi connectivity index (χ4v) is 3.34. The summed E-state index contributed by atoms with van der Waals surface area (Å²) in [6.07, 6.45) is 3.30. The molecule has 132 valence electrons. The lowest BCUT2D eigenvalue weighted by Gasteiger charge is -2.28. The number of para-hydroxylation sites is 1. The minimum Gasteiger partial charge on any atom is -0.481 e. The van der Waals surface area contributed by atoms with Crippen molar-refractivity contribution < 1.29 is 14.6 Å². The van der Waals surface area contributed by atoms with Crippen LogP contribution in [-0.4, -0.2) is 17.1 Å². The van der Waals surface area contributed by atoms with E-state index in [9.17, 15) is 4.79 Å². The van der Waals surface area contributed by atoms with Crippen molar-refractivity contribution in [2.75, 3.05) is 5.32 Å². The second-order valence-corrected chi connectivity index (χ2v) is 6.67. The zero-order valence-electron chi connectivity index (χ0n) is 14.4. The Morgan fingerprint density at radius 1 is 0.960 bits per heavy atom. The van der Waals surface area contributed by atoms with Crippen LogP contribution >= 0.6 is 0 Å². The van der Waals surface area contributed by atoms with Gasteiger partial charge in [0.05, 0.1) is 19.1 Å². The molecule has 25 heavy (non-hydrogen) atoms. The molecule has 0 spiro atoms. The molecule has 1 aliphatic carbocycles. The summed E-state index contributed by atoms with van der Waals surface area (Å²) in [5.74, 6) is -0.837. The molecule has 1 saturated carbocycles. The van der Waals surface area contributed by atoms with E-state index in [4.69, 9.17) is 9.84 Å². The van der Waals surface area contributed by atoms with E-state index in [1.807, 2.05) is 30.3 Å². The van der Waals surface area contributed by atoms with Gasteiger partial charge in [-0.3, -0.25) is 4.79 Å². The summed E-state index contributed by atoms with van der Waals surface area (Å²) in [5, 5.41) is 12.7. The molecule has 0 radical (unpaired) electrons. The summed E-state index contributed by atoms with van der Waals surface area (Å²) in [4.78, 5) is 11.1. The molecule has 0 saturated heterocycles. The Balaban J connectivity index is 1.53. The van der Waals surface area contributed by atoms with Gasteiger partial charge in [0.15, 0.2) is 0 Å². The minimum absolute atomic E-state index is 0.178. The van der Waals surface area contributed by atoms with Crippen LogP contribution in [0.2, 0.25) is 0 Å². The van der Waals surface area contributed by atoms with Crippen LogP contribution in [0.1, 0.15) is 36.8 Å².